The molecule has 1 fully saturated rings. The number of rotatable bonds is 2. The zero-order chi connectivity index (χ0) is 15.5. The molecule has 0 unspecified atom stereocenters. The molecule has 1 aromatic heterocycles. The molecule has 7 heteroatoms. The molecule has 1 N–H and O–H groups in total. The summed E-state index contributed by atoms with van der Waals surface area (Å²) in [5, 5.41) is 12.0. The summed E-state index contributed by atoms with van der Waals surface area (Å²) in [5.74, 6) is -0.0699. The molecule has 0 radical (unpaired) electrons. The third-order valence-electron chi connectivity index (χ3n) is 3.81. The van der Waals surface area contributed by atoms with E-state index in [2.05, 4.69) is 15.6 Å². The summed E-state index contributed by atoms with van der Waals surface area (Å²) < 4.78 is 1.62. The lowest BCUT2D eigenvalue weighted by molar-refractivity contribution is 0.0759. The van der Waals surface area contributed by atoms with Gasteiger partial charge in [-0.05, 0) is 32.0 Å². The molecule has 22 heavy (non-hydrogen) atoms. The van der Waals surface area contributed by atoms with E-state index in [1.54, 1.807) is 10.7 Å². The molecule has 1 aliphatic rings. The molecule has 0 bridgehead atoms. The molecule has 1 saturated heterocycles. The molecule has 0 saturated carbocycles. The minimum Gasteiger partial charge on any atom is -0.336 e. The van der Waals surface area contributed by atoms with Gasteiger partial charge in [-0.15, -0.1) is 5.10 Å². The van der Waals surface area contributed by atoms with Crippen molar-refractivity contribution in [3.8, 4) is 5.69 Å². The number of amides is 1. The number of nitrogens with zero attached hydrogens (tertiary/aromatic N) is 4. The number of hydrogen-bond acceptors (Lipinski definition) is 4. The van der Waals surface area contributed by atoms with E-state index in [1.807, 2.05) is 30.0 Å². The van der Waals surface area contributed by atoms with Gasteiger partial charge in [0.1, 0.15) is 0 Å². The van der Waals surface area contributed by atoms with Crippen molar-refractivity contribution in [3.63, 3.8) is 0 Å². The van der Waals surface area contributed by atoms with E-state index in [4.69, 9.17) is 11.6 Å². The van der Waals surface area contributed by atoms with E-state index in [0.717, 1.165) is 31.7 Å². The molecule has 6 nitrogen and oxygen atoms in total. The third-order valence-corrected chi connectivity index (χ3v) is 4.12. The molecule has 2 heterocycles. The topological polar surface area (TPSA) is 63.1 Å². The molecule has 1 aromatic carbocycles. The zero-order valence-electron chi connectivity index (χ0n) is 12.4. The number of carbonyl (C=O) groups excluding carboxylic acids is 1. The average molecular weight is 320 g/mol. The van der Waals surface area contributed by atoms with Crippen molar-refractivity contribution < 1.29 is 4.79 Å². The fourth-order valence-corrected chi connectivity index (χ4v) is 2.79. The van der Waals surface area contributed by atoms with Crippen molar-refractivity contribution in [2.45, 2.75) is 13.3 Å². The van der Waals surface area contributed by atoms with E-state index in [0.29, 0.717) is 23.0 Å². The van der Waals surface area contributed by atoms with E-state index in [1.165, 1.54) is 0 Å². The van der Waals surface area contributed by atoms with Gasteiger partial charge in [-0.1, -0.05) is 28.9 Å². The van der Waals surface area contributed by atoms with Gasteiger partial charge in [0, 0.05) is 19.6 Å². The Bertz CT molecular complexity index is 676. The van der Waals surface area contributed by atoms with Crippen LogP contribution in [0.5, 0.6) is 0 Å². The van der Waals surface area contributed by atoms with Gasteiger partial charge in [0.15, 0.2) is 5.69 Å². The highest BCUT2D eigenvalue weighted by atomic mass is 35.5. The van der Waals surface area contributed by atoms with Gasteiger partial charge < -0.3 is 10.2 Å². The Morgan fingerprint density at radius 2 is 2.09 bits per heavy atom. The van der Waals surface area contributed by atoms with Crippen LogP contribution >= 0.6 is 11.6 Å². The maximum absolute atomic E-state index is 12.7. The number of halogens is 1. The van der Waals surface area contributed by atoms with Crippen molar-refractivity contribution in [3.05, 3.63) is 40.7 Å². The molecule has 0 spiro atoms. The van der Waals surface area contributed by atoms with Gasteiger partial charge in [-0.2, -0.15) is 0 Å². The number of benzene rings is 1. The molecule has 0 aliphatic carbocycles. The van der Waals surface area contributed by atoms with Crippen LogP contribution in [0.2, 0.25) is 5.02 Å². The molecule has 1 amide bonds. The van der Waals surface area contributed by atoms with Gasteiger partial charge in [0.05, 0.1) is 16.4 Å². The van der Waals surface area contributed by atoms with E-state index in [-0.39, 0.29) is 5.91 Å². The first-order valence-corrected chi connectivity index (χ1v) is 7.73. The minimum atomic E-state index is -0.0699. The number of para-hydroxylation sites is 1. The highest BCUT2D eigenvalue weighted by Gasteiger charge is 2.24. The molecular weight excluding hydrogens is 302 g/mol. The number of carbonyl (C=O) groups is 1. The fraction of sp³-hybridized carbons (Fsp3) is 0.400. The summed E-state index contributed by atoms with van der Waals surface area (Å²) in [7, 11) is 0. The van der Waals surface area contributed by atoms with Crippen molar-refractivity contribution in [2.75, 3.05) is 26.2 Å². The third kappa shape index (κ3) is 2.84. The summed E-state index contributed by atoms with van der Waals surface area (Å²) in [4.78, 5) is 14.5. The largest absolute Gasteiger partial charge is 0.336 e. The van der Waals surface area contributed by atoms with Crippen LogP contribution in [0.4, 0.5) is 0 Å². The lowest BCUT2D eigenvalue weighted by atomic mass is 10.2. The standard InChI is InChI=1S/C15H18ClN5O/c1-11-14(15(22)20-9-4-7-17-8-10-20)18-19-21(11)13-6-3-2-5-12(13)16/h2-3,5-6,17H,4,7-10H2,1H3. The lowest BCUT2D eigenvalue weighted by Gasteiger charge is -2.18. The van der Waals surface area contributed by atoms with Crippen LogP contribution in [0.25, 0.3) is 5.69 Å². The van der Waals surface area contributed by atoms with E-state index < -0.39 is 0 Å². The predicted molar refractivity (Wildman–Crippen MR) is 84.5 cm³/mol. The highest BCUT2D eigenvalue weighted by Crippen LogP contribution is 2.21. The number of nitrogens with one attached hydrogen (secondary N) is 1. The second kappa shape index (κ2) is 6.46. The van der Waals surface area contributed by atoms with Crippen LogP contribution in [0.3, 0.4) is 0 Å². The number of aromatic nitrogens is 3. The molecule has 3 rings (SSSR count). The zero-order valence-corrected chi connectivity index (χ0v) is 13.2. The van der Waals surface area contributed by atoms with Crippen LogP contribution in [-0.2, 0) is 0 Å². The Morgan fingerprint density at radius 1 is 1.27 bits per heavy atom. The first kappa shape index (κ1) is 15.0. The fourth-order valence-electron chi connectivity index (χ4n) is 2.58. The second-order valence-electron chi connectivity index (χ2n) is 5.28. The minimum absolute atomic E-state index is 0.0699. The maximum Gasteiger partial charge on any atom is 0.276 e. The summed E-state index contributed by atoms with van der Waals surface area (Å²) in [6.07, 6.45) is 0.948. The maximum atomic E-state index is 12.7. The van der Waals surface area contributed by atoms with Crippen LogP contribution in [0.15, 0.2) is 24.3 Å². The summed E-state index contributed by atoms with van der Waals surface area (Å²) in [6, 6.07) is 7.38. The van der Waals surface area contributed by atoms with Gasteiger partial charge in [0.2, 0.25) is 0 Å². The Hall–Kier alpha value is -1.92. The lowest BCUT2D eigenvalue weighted by Crippen LogP contribution is -2.34. The van der Waals surface area contributed by atoms with Crippen LogP contribution in [0, 0.1) is 6.92 Å². The predicted octanol–water partition coefficient (Wildman–Crippen LogP) is 1.66. The van der Waals surface area contributed by atoms with Crippen LogP contribution in [0.1, 0.15) is 22.6 Å². The highest BCUT2D eigenvalue weighted by molar-refractivity contribution is 6.32. The monoisotopic (exact) mass is 319 g/mol. The number of hydrogen-bond donors (Lipinski definition) is 1. The smallest absolute Gasteiger partial charge is 0.276 e. The molecule has 1 aliphatic heterocycles. The van der Waals surface area contributed by atoms with Crippen molar-refractivity contribution in [1.29, 1.82) is 0 Å². The van der Waals surface area contributed by atoms with Gasteiger partial charge in [-0.3, -0.25) is 4.79 Å². The Balaban J connectivity index is 1.90. The first-order valence-electron chi connectivity index (χ1n) is 7.35. The van der Waals surface area contributed by atoms with Crippen molar-refractivity contribution >= 4 is 17.5 Å². The SMILES string of the molecule is Cc1c(C(=O)N2CCCNCC2)nnn1-c1ccccc1Cl. The van der Waals surface area contributed by atoms with Crippen LogP contribution < -0.4 is 5.32 Å². The quantitative estimate of drug-likeness (QED) is 0.914. The Labute approximate surface area is 134 Å². The van der Waals surface area contributed by atoms with E-state index in [9.17, 15) is 4.79 Å². The summed E-state index contributed by atoms with van der Waals surface area (Å²) >= 11 is 6.20. The first-order chi connectivity index (χ1) is 10.7. The van der Waals surface area contributed by atoms with E-state index >= 15 is 0 Å². The van der Waals surface area contributed by atoms with Crippen molar-refractivity contribution in [2.24, 2.45) is 0 Å². The van der Waals surface area contributed by atoms with Gasteiger partial charge in [0.25, 0.3) is 5.91 Å². The molecule has 0 atom stereocenters. The Kier molecular flexibility index (Phi) is 4.40. The summed E-state index contributed by atoms with van der Waals surface area (Å²) in [6.45, 7) is 5.02. The van der Waals surface area contributed by atoms with Gasteiger partial charge in [-0.25, -0.2) is 4.68 Å². The van der Waals surface area contributed by atoms with Gasteiger partial charge >= 0.3 is 0 Å². The second-order valence-corrected chi connectivity index (χ2v) is 5.69. The summed E-state index contributed by atoms with van der Waals surface area (Å²) in [5.41, 5.74) is 1.82. The average Bonchev–Trinajstić information content (AvgIpc) is 2.75. The molecule has 116 valence electrons. The normalized spacial score (nSPS) is 15.6. The van der Waals surface area contributed by atoms with Crippen LogP contribution in [-0.4, -0.2) is 52.0 Å². The molecule has 2 aromatic rings. The Morgan fingerprint density at radius 3 is 2.91 bits per heavy atom. The van der Waals surface area contributed by atoms with Crippen molar-refractivity contribution in [1.82, 2.24) is 25.2 Å². The molecular formula is C15H18ClN5O.